The minimum atomic E-state index is -0.237. The van der Waals surface area contributed by atoms with Crippen molar-refractivity contribution >= 4 is 46.8 Å². The van der Waals surface area contributed by atoms with Gasteiger partial charge in [0.2, 0.25) is 5.91 Å². The number of amides is 1. The SMILES string of the molecule is O=C(/C=C/c1ccc(Cl)cc1Cl)NCCOc1ccccc1Cl. The van der Waals surface area contributed by atoms with E-state index in [9.17, 15) is 4.79 Å². The highest BCUT2D eigenvalue weighted by molar-refractivity contribution is 6.35. The predicted molar refractivity (Wildman–Crippen MR) is 95.5 cm³/mol. The lowest BCUT2D eigenvalue weighted by Gasteiger charge is -2.07. The summed E-state index contributed by atoms with van der Waals surface area (Å²) < 4.78 is 5.48. The number of halogens is 3. The van der Waals surface area contributed by atoms with E-state index in [0.29, 0.717) is 34.0 Å². The van der Waals surface area contributed by atoms with Crippen molar-refractivity contribution < 1.29 is 9.53 Å². The number of rotatable bonds is 6. The van der Waals surface area contributed by atoms with Crippen molar-refractivity contribution in [3.63, 3.8) is 0 Å². The molecule has 120 valence electrons. The Morgan fingerprint density at radius 3 is 2.61 bits per heavy atom. The number of hydrogen-bond acceptors (Lipinski definition) is 2. The first-order valence-electron chi connectivity index (χ1n) is 6.84. The molecule has 0 saturated carbocycles. The van der Waals surface area contributed by atoms with Crippen molar-refractivity contribution in [2.24, 2.45) is 0 Å². The molecular formula is C17H14Cl3NO2. The smallest absolute Gasteiger partial charge is 0.244 e. The molecule has 0 aliphatic carbocycles. The molecule has 6 heteroatoms. The van der Waals surface area contributed by atoms with E-state index >= 15 is 0 Å². The average Bonchev–Trinajstić information content (AvgIpc) is 2.52. The molecule has 3 nitrogen and oxygen atoms in total. The van der Waals surface area contributed by atoms with Crippen LogP contribution in [0.3, 0.4) is 0 Å². The predicted octanol–water partition coefficient (Wildman–Crippen LogP) is 4.86. The number of carbonyl (C=O) groups excluding carboxylic acids is 1. The largest absolute Gasteiger partial charge is 0.490 e. The Labute approximate surface area is 149 Å². The molecule has 0 fully saturated rings. The van der Waals surface area contributed by atoms with Gasteiger partial charge in [-0.2, -0.15) is 0 Å². The molecule has 0 aliphatic rings. The second-order valence-corrected chi connectivity index (χ2v) is 5.82. The molecule has 0 aliphatic heterocycles. The van der Waals surface area contributed by atoms with Crippen LogP contribution < -0.4 is 10.1 Å². The van der Waals surface area contributed by atoms with E-state index in [1.54, 1.807) is 36.4 Å². The fraction of sp³-hybridized carbons (Fsp3) is 0.118. The Kier molecular flexibility index (Phi) is 6.78. The monoisotopic (exact) mass is 369 g/mol. The molecule has 1 N–H and O–H groups in total. The molecule has 0 heterocycles. The van der Waals surface area contributed by atoms with Crippen molar-refractivity contribution in [1.82, 2.24) is 5.32 Å². The zero-order chi connectivity index (χ0) is 16.7. The molecular weight excluding hydrogens is 357 g/mol. The van der Waals surface area contributed by atoms with Gasteiger partial charge in [-0.25, -0.2) is 0 Å². The van der Waals surface area contributed by atoms with Gasteiger partial charge in [0, 0.05) is 16.1 Å². The first-order valence-corrected chi connectivity index (χ1v) is 7.98. The summed E-state index contributed by atoms with van der Waals surface area (Å²) in [6.45, 7) is 0.688. The fourth-order valence-corrected chi connectivity index (χ4v) is 2.42. The normalized spacial score (nSPS) is 10.7. The number of nitrogens with one attached hydrogen (secondary N) is 1. The highest BCUT2D eigenvalue weighted by atomic mass is 35.5. The van der Waals surface area contributed by atoms with Crippen LogP contribution in [0.25, 0.3) is 6.08 Å². The van der Waals surface area contributed by atoms with Gasteiger partial charge < -0.3 is 10.1 Å². The van der Waals surface area contributed by atoms with Gasteiger partial charge in [-0.1, -0.05) is 53.0 Å². The van der Waals surface area contributed by atoms with Crippen molar-refractivity contribution in [3.05, 3.63) is 69.2 Å². The summed E-state index contributed by atoms with van der Waals surface area (Å²) in [6.07, 6.45) is 3.04. The third-order valence-electron chi connectivity index (χ3n) is 2.87. The van der Waals surface area contributed by atoms with E-state index in [-0.39, 0.29) is 5.91 Å². The van der Waals surface area contributed by atoms with E-state index in [0.717, 1.165) is 5.56 Å². The number of benzene rings is 2. The summed E-state index contributed by atoms with van der Waals surface area (Å²) in [6, 6.07) is 12.2. The van der Waals surface area contributed by atoms with Crippen LogP contribution in [0, 0.1) is 0 Å². The number of ether oxygens (including phenoxy) is 1. The van der Waals surface area contributed by atoms with Crippen molar-refractivity contribution in [2.45, 2.75) is 0 Å². The van der Waals surface area contributed by atoms with E-state index in [4.69, 9.17) is 39.5 Å². The summed E-state index contributed by atoms with van der Waals surface area (Å²) in [4.78, 5) is 11.7. The van der Waals surface area contributed by atoms with Gasteiger partial charge in [-0.05, 0) is 35.9 Å². The van der Waals surface area contributed by atoms with Crippen molar-refractivity contribution in [1.29, 1.82) is 0 Å². The Hall–Kier alpha value is -1.68. The molecule has 0 atom stereocenters. The molecule has 1 amide bonds. The number of carbonyl (C=O) groups is 1. The lowest BCUT2D eigenvalue weighted by molar-refractivity contribution is -0.116. The summed E-state index contributed by atoms with van der Waals surface area (Å²) in [5.41, 5.74) is 0.721. The maximum Gasteiger partial charge on any atom is 0.244 e. The van der Waals surface area contributed by atoms with Gasteiger partial charge >= 0.3 is 0 Å². The Bertz CT molecular complexity index is 717. The van der Waals surface area contributed by atoms with Gasteiger partial charge in [-0.3, -0.25) is 4.79 Å². The topological polar surface area (TPSA) is 38.3 Å². The van der Waals surface area contributed by atoms with Crippen LogP contribution in [0.2, 0.25) is 15.1 Å². The number of hydrogen-bond donors (Lipinski definition) is 1. The minimum absolute atomic E-state index is 0.237. The molecule has 0 spiro atoms. The standard InChI is InChI=1S/C17H14Cl3NO2/c18-13-7-5-12(15(20)11-13)6-8-17(22)21-9-10-23-16-4-2-1-3-14(16)19/h1-8,11H,9-10H2,(H,21,22)/b8-6+. The fourth-order valence-electron chi connectivity index (χ4n) is 1.76. The molecule has 2 rings (SSSR count). The zero-order valence-electron chi connectivity index (χ0n) is 12.1. The first-order chi connectivity index (χ1) is 11.1. The lowest BCUT2D eigenvalue weighted by atomic mass is 10.2. The number of para-hydroxylation sites is 1. The van der Waals surface area contributed by atoms with Gasteiger partial charge in [0.05, 0.1) is 11.6 Å². The summed E-state index contributed by atoms with van der Waals surface area (Å²) in [7, 11) is 0. The molecule has 0 radical (unpaired) electrons. The maximum absolute atomic E-state index is 11.7. The van der Waals surface area contributed by atoms with Crippen LogP contribution in [-0.4, -0.2) is 19.1 Å². The third-order valence-corrected chi connectivity index (χ3v) is 3.75. The first kappa shape index (κ1) is 17.7. The quantitative estimate of drug-likeness (QED) is 0.583. The van der Waals surface area contributed by atoms with Crippen molar-refractivity contribution in [3.8, 4) is 5.75 Å². The minimum Gasteiger partial charge on any atom is -0.490 e. The molecule has 0 bridgehead atoms. The Morgan fingerprint density at radius 1 is 1.09 bits per heavy atom. The summed E-state index contributed by atoms with van der Waals surface area (Å²) >= 11 is 17.8. The highest BCUT2D eigenvalue weighted by Gasteiger charge is 2.01. The molecule has 2 aromatic carbocycles. The average molecular weight is 371 g/mol. The van der Waals surface area contributed by atoms with Gasteiger partial charge in [0.15, 0.2) is 0 Å². The molecule has 0 aromatic heterocycles. The van der Waals surface area contributed by atoms with Gasteiger partial charge in [0.1, 0.15) is 12.4 Å². The summed E-state index contributed by atoms with van der Waals surface area (Å²) in [5.74, 6) is 0.352. The van der Waals surface area contributed by atoms with Gasteiger partial charge in [0.25, 0.3) is 0 Å². The van der Waals surface area contributed by atoms with Crippen molar-refractivity contribution in [2.75, 3.05) is 13.2 Å². The zero-order valence-corrected chi connectivity index (χ0v) is 14.3. The lowest BCUT2D eigenvalue weighted by Crippen LogP contribution is -2.26. The Morgan fingerprint density at radius 2 is 1.87 bits per heavy atom. The molecule has 0 saturated heterocycles. The van der Waals surface area contributed by atoms with E-state index in [1.165, 1.54) is 6.08 Å². The molecule has 0 unspecified atom stereocenters. The second-order valence-electron chi connectivity index (χ2n) is 4.57. The van der Waals surface area contributed by atoms with Crippen LogP contribution in [0.4, 0.5) is 0 Å². The van der Waals surface area contributed by atoms with Crippen LogP contribution in [-0.2, 0) is 4.79 Å². The second kappa shape index (κ2) is 8.82. The van der Waals surface area contributed by atoms with E-state index < -0.39 is 0 Å². The van der Waals surface area contributed by atoms with E-state index in [2.05, 4.69) is 5.32 Å². The maximum atomic E-state index is 11.7. The summed E-state index contributed by atoms with van der Waals surface area (Å²) in [5, 5.41) is 4.29. The van der Waals surface area contributed by atoms with Crippen LogP contribution in [0.1, 0.15) is 5.56 Å². The van der Waals surface area contributed by atoms with Crippen LogP contribution in [0.5, 0.6) is 5.75 Å². The van der Waals surface area contributed by atoms with E-state index in [1.807, 2.05) is 12.1 Å². The van der Waals surface area contributed by atoms with Crippen LogP contribution >= 0.6 is 34.8 Å². The van der Waals surface area contributed by atoms with Gasteiger partial charge in [-0.15, -0.1) is 0 Å². The van der Waals surface area contributed by atoms with Crippen LogP contribution in [0.15, 0.2) is 48.5 Å². The Balaban J connectivity index is 1.77. The molecule has 2 aromatic rings. The highest BCUT2D eigenvalue weighted by Crippen LogP contribution is 2.23. The molecule has 23 heavy (non-hydrogen) atoms. The third kappa shape index (κ3) is 5.79.